The first kappa shape index (κ1) is 17.3. The molecule has 6 nitrogen and oxygen atoms in total. The van der Waals surface area contributed by atoms with E-state index >= 15 is 0 Å². The van der Waals surface area contributed by atoms with Crippen LogP contribution in [-0.4, -0.2) is 44.0 Å². The predicted octanol–water partition coefficient (Wildman–Crippen LogP) is 0.830. The molecule has 2 N–H and O–H groups in total. The van der Waals surface area contributed by atoms with Crippen LogP contribution >= 0.6 is 0 Å². The van der Waals surface area contributed by atoms with E-state index in [2.05, 4.69) is 4.72 Å². The summed E-state index contributed by atoms with van der Waals surface area (Å²) in [6.45, 7) is 6.77. The maximum absolute atomic E-state index is 11.9. The molecule has 0 saturated carbocycles. The summed E-state index contributed by atoms with van der Waals surface area (Å²) >= 11 is 0. The van der Waals surface area contributed by atoms with E-state index in [1.807, 2.05) is 6.92 Å². The van der Waals surface area contributed by atoms with Gasteiger partial charge >= 0.3 is 5.97 Å². The number of hydrogen-bond donors (Lipinski definition) is 2. The zero-order valence-electron chi connectivity index (χ0n) is 11.6. The van der Waals surface area contributed by atoms with E-state index in [4.69, 9.17) is 9.84 Å². The quantitative estimate of drug-likeness (QED) is 0.687. The first-order valence-corrected chi connectivity index (χ1v) is 7.48. The first-order valence-electron chi connectivity index (χ1n) is 5.82. The van der Waals surface area contributed by atoms with Crippen LogP contribution in [0, 0.1) is 5.92 Å². The van der Waals surface area contributed by atoms with Crippen LogP contribution in [0.15, 0.2) is 0 Å². The van der Waals surface area contributed by atoms with Crippen molar-refractivity contribution in [3.63, 3.8) is 0 Å². The third-order valence-corrected chi connectivity index (χ3v) is 4.56. The molecule has 0 bridgehead atoms. The standard InChI is InChI=1S/C11H23NO5S/c1-6-8(2)9(10(13)14)12-18(15,16)7-11(3,4)17-5/h8-9,12H,6-7H2,1-5H3,(H,13,14)/t8-,9-/m0/s1. The summed E-state index contributed by atoms with van der Waals surface area (Å²) in [5.74, 6) is -1.72. The number of carboxylic acids is 1. The molecule has 0 radical (unpaired) electrons. The number of ether oxygens (including phenoxy) is 1. The summed E-state index contributed by atoms with van der Waals surface area (Å²) in [4.78, 5) is 11.1. The average Bonchev–Trinajstić information content (AvgIpc) is 2.23. The fraction of sp³-hybridized carbons (Fsp3) is 0.909. The lowest BCUT2D eigenvalue weighted by Gasteiger charge is -2.25. The van der Waals surface area contributed by atoms with Gasteiger partial charge in [-0.05, 0) is 19.8 Å². The third-order valence-electron chi connectivity index (χ3n) is 2.88. The molecule has 108 valence electrons. The molecule has 0 aromatic rings. The zero-order valence-corrected chi connectivity index (χ0v) is 12.4. The van der Waals surface area contributed by atoms with Gasteiger partial charge in [0.2, 0.25) is 10.0 Å². The number of rotatable bonds is 8. The molecule has 0 unspecified atom stereocenters. The maximum Gasteiger partial charge on any atom is 0.322 e. The summed E-state index contributed by atoms with van der Waals surface area (Å²) < 4.78 is 31.0. The Morgan fingerprint density at radius 2 is 1.94 bits per heavy atom. The van der Waals surface area contributed by atoms with Crippen LogP contribution in [0.4, 0.5) is 0 Å². The number of methoxy groups -OCH3 is 1. The van der Waals surface area contributed by atoms with Gasteiger partial charge in [0.15, 0.2) is 0 Å². The molecule has 18 heavy (non-hydrogen) atoms. The predicted molar refractivity (Wildman–Crippen MR) is 68.9 cm³/mol. The zero-order chi connectivity index (χ0) is 14.6. The second kappa shape index (κ2) is 6.49. The van der Waals surface area contributed by atoms with Gasteiger partial charge in [-0.2, -0.15) is 0 Å². The van der Waals surface area contributed by atoms with Gasteiger partial charge in [-0.15, -0.1) is 0 Å². The van der Waals surface area contributed by atoms with E-state index in [1.165, 1.54) is 7.11 Å². The van der Waals surface area contributed by atoms with Gasteiger partial charge in [-0.3, -0.25) is 4.79 Å². The molecule has 0 aliphatic heterocycles. The normalized spacial score (nSPS) is 16.3. The van der Waals surface area contributed by atoms with E-state index in [0.29, 0.717) is 6.42 Å². The van der Waals surface area contributed by atoms with Crippen molar-refractivity contribution in [3.05, 3.63) is 0 Å². The highest BCUT2D eigenvalue weighted by Gasteiger charge is 2.32. The van der Waals surface area contributed by atoms with E-state index in [0.717, 1.165) is 0 Å². The third kappa shape index (κ3) is 5.79. The van der Waals surface area contributed by atoms with E-state index in [1.54, 1.807) is 20.8 Å². The van der Waals surface area contributed by atoms with Crippen molar-refractivity contribution in [2.45, 2.75) is 45.8 Å². The van der Waals surface area contributed by atoms with E-state index in [-0.39, 0.29) is 11.7 Å². The molecule has 0 aliphatic rings. The van der Waals surface area contributed by atoms with Crippen molar-refractivity contribution < 1.29 is 23.1 Å². The molecule has 0 heterocycles. The Morgan fingerprint density at radius 1 is 1.44 bits per heavy atom. The van der Waals surface area contributed by atoms with Gasteiger partial charge in [0, 0.05) is 7.11 Å². The first-order chi connectivity index (χ1) is 8.04. The van der Waals surface area contributed by atoms with E-state index < -0.39 is 27.6 Å². The number of hydrogen-bond acceptors (Lipinski definition) is 4. The number of sulfonamides is 1. The van der Waals surface area contributed by atoms with Gasteiger partial charge in [0.25, 0.3) is 0 Å². The van der Waals surface area contributed by atoms with Crippen LogP contribution < -0.4 is 4.72 Å². The lowest BCUT2D eigenvalue weighted by atomic mass is 10.0. The molecule has 0 aromatic carbocycles. The number of carboxylic acid groups (broad SMARTS) is 1. The monoisotopic (exact) mass is 281 g/mol. The number of nitrogens with one attached hydrogen (secondary N) is 1. The lowest BCUT2D eigenvalue weighted by molar-refractivity contribution is -0.140. The van der Waals surface area contributed by atoms with Crippen LogP contribution in [0.3, 0.4) is 0 Å². The van der Waals surface area contributed by atoms with Gasteiger partial charge < -0.3 is 9.84 Å². The molecule has 0 rings (SSSR count). The Kier molecular flexibility index (Phi) is 6.25. The van der Waals surface area contributed by atoms with Gasteiger partial charge in [0.05, 0.1) is 11.4 Å². The fourth-order valence-corrected chi connectivity index (χ4v) is 3.23. The molecular weight excluding hydrogens is 258 g/mol. The van der Waals surface area contributed by atoms with Gasteiger partial charge in [-0.25, -0.2) is 13.1 Å². The molecule has 0 spiro atoms. The highest BCUT2D eigenvalue weighted by molar-refractivity contribution is 7.89. The summed E-state index contributed by atoms with van der Waals surface area (Å²) in [5.41, 5.74) is -0.857. The van der Waals surface area contributed by atoms with Crippen molar-refractivity contribution in [1.29, 1.82) is 0 Å². The minimum absolute atomic E-state index is 0.275. The van der Waals surface area contributed by atoms with Crippen LogP contribution in [0.2, 0.25) is 0 Å². The Balaban J connectivity index is 4.88. The van der Waals surface area contributed by atoms with Crippen molar-refractivity contribution in [1.82, 2.24) is 4.72 Å². The highest BCUT2D eigenvalue weighted by atomic mass is 32.2. The fourth-order valence-electron chi connectivity index (χ4n) is 1.40. The Labute approximate surface area is 109 Å². The Hall–Kier alpha value is -0.660. The van der Waals surface area contributed by atoms with Crippen molar-refractivity contribution in [3.8, 4) is 0 Å². The van der Waals surface area contributed by atoms with Crippen LogP contribution in [0.1, 0.15) is 34.1 Å². The summed E-state index contributed by atoms with van der Waals surface area (Å²) in [6.07, 6.45) is 0.577. The second-order valence-corrected chi connectivity index (χ2v) is 6.80. The van der Waals surface area contributed by atoms with Crippen LogP contribution in [0.25, 0.3) is 0 Å². The molecule has 0 aromatic heterocycles. The van der Waals surface area contributed by atoms with Gasteiger partial charge in [0.1, 0.15) is 6.04 Å². The lowest BCUT2D eigenvalue weighted by Crippen LogP contribution is -2.48. The van der Waals surface area contributed by atoms with Crippen molar-refractivity contribution in [2.75, 3.05) is 12.9 Å². The highest BCUT2D eigenvalue weighted by Crippen LogP contribution is 2.13. The molecule has 0 aliphatic carbocycles. The Bertz CT molecular complexity index is 377. The SMILES string of the molecule is CC[C@H](C)[C@H](NS(=O)(=O)CC(C)(C)OC)C(=O)O. The summed E-state index contributed by atoms with van der Waals surface area (Å²) in [5, 5.41) is 9.04. The van der Waals surface area contributed by atoms with Crippen molar-refractivity contribution >= 4 is 16.0 Å². The summed E-state index contributed by atoms with van der Waals surface area (Å²) in [6, 6.07) is -1.10. The minimum Gasteiger partial charge on any atom is -0.480 e. The molecular formula is C11H23NO5S. The molecule has 0 amide bonds. The molecule has 7 heteroatoms. The number of carbonyl (C=O) groups is 1. The van der Waals surface area contributed by atoms with Crippen LogP contribution in [0.5, 0.6) is 0 Å². The minimum atomic E-state index is -3.71. The molecule has 0 fully saturated rings. The largest absolute Gasteiger partial charge is 0.480 e. The van der Waals surface area contributed by atoms with Crippen molar-refractivity contribution in [2.24, 2.45) is 5.92 Å². The molecule has 0 saturated heterocycles. The Morgan fingerprint density at radius 3 is 2.28 bits per heavy atom. The molecule has 2 atom stereocenters. The van der Waals surface area contributed by atoms with Gasteiger partial charge in [-0.1, -0.05) is 20.3 Å². The number of aliphatic carboxylic acids is 1. The summed E-state index contributed by atoms with van der Waals surface area (Å²) in [7, 11) is -2.29. The second-order valence-electron chi connectivity index (χ2n) is 5.04. The average molecular weight is 281 g/mol. The van der Waals surface area contributed by atoms with E-state index in [9.17, 15) is 13.2 Å². The van der Waals surface area contributed by atoms with Crippen LogP contribution in [-0.2, 0) is 19.6 Å². The smallest absolute Gasteiger partial charge is 0.322 e. The topological polar surface area (TPSA) is 92.7 Å². The maximum atomic E-state index is 11.9.